The van der Waals surface area contributed by atoms with Gasteiger partial charge in [0, 0.05) is 51.8 Å². The molecule has 4 amide bonds. The molecule has 1 N–H and O–H groups in total. The normalized spacial score (nSPS) is 15.2. The summed E-state index contributed by atoms with van der Waals surface area (Å²) >= 11 is 10.0. The number of methoxy groups -OCH3 is 2. The van der Waals surface area contributed by atoms with Crippen molar-refractivity contribution in [2.75, 3.05) is 73.6 Å². The van der Waals surface area contributed by atoms with Crippen molar-refractivity contribution in [3.05, 3.63) is 128 Å². The molecular formula is C40H43Br3N4O10S2. The fourth-order valence-corrected chi connectivity index (χ4v) is 8.82. The summed E-state index contributed by atoms with van der Waals surface area (Å²) in [7, 11) is -3.34. The van der Waals surface area contributed by atoms with Gasteiger partial charge in [0.15, 0.2) is 19.7 Å². The minimum atomic E-state index is -3.08. The molecular weight excluding hydrogens is 1000 g/mol. The molecule has 14 nitrogen and oxygen atoms in total. The highest BCUT2D eigenvalue weighted by Crippen LogP contribution is 2.23. The first-order chi connectivity index (χ1) is 28.0. The summed E-state index contributed by atoms with van der Waals surface area (Å²) in [6.45, 7) is 1.14. The number of ether oxygens (including phenoxy) is 2. The first-order valence-corrected chi connectivity index (χ1v) is 24.3. The molecule has 316 valence electrons. The lowest BCUT2D eigenvalue weighted by atomic mass is 10.1. The predicted octanol–water partition coefficient (Wildman–Crippen LogP) is 7.17. The molecule has 59 heavy (non-hydrogen) atoms. The average Bonchev–Trinajstić information content (AvgIpc) is 3.24. The van der Waals surface area contributed by atoms with Crippen LogP contribution in [0.1, 0.15) is 31.8 Å². The maximum absolute atomic E-state index is 13.2. The monoisotopic (exact) mass is 1040 g/mol. The van der Waals surface area contributed by atoms with Crippen LogP contribution in [0.2, 0.25) is 0 Å². The van der Waals surface area contributed by atoms with E-state index < -0.39 is 25.6 Å². The molecule has 19 heteroatoms. The highest BCUT2D eigenvalue weighted by Gasteiger charge is 2.29. The predicted molar refractivity (Wildman–Crippen MR) is 238 cm³/mol. The van der Waals surface area contributed by atoms with Gasteiger partial charge in [0.1, 0.15) is 0 Å². The van der Waals surface area contributed by atoms with E-state index in [0.29, 0.717) is 22.5 Å². The van der Waals surface area contributed by atoms with Crippen molar-refractivity contribution in [1.29, 1.82) is 0 Å². The van der Waals surface area contributed by atoms with Gasteiger partial charge in [-0.15, -0.1) is 0 Å². The Labute approximate surface area is 369 Å². The zero-order chi connectivity index (χ0) is 43.2. The lowest BCUT2D eigenvalue weighted by Gasteiger charge is -2.33. The van der Waals surface area contributed by atoms with Gasteiger partial charge in [-0.05, 0) is 83.9 Å². The standard InChI is InChI=1S/C20H21BrN2O5S.C11H13BrN2O3S.C9H9BrO2/c1-28-19(24)16-4-2-15(3-5-16)14-23(18-8-6-17(21)7-9-18)20(25)22-10-12-29(26,27)13-11-22;12-9-1-3-10(4-2-9)13-11(15)14-5-7-18(16,17)8-6-14;1-12-9(11)8-4-2-7(6-10)3-5-8/h2-9H,10-14H2,1H3;1-4H,5-8H2,(H,13,15);2-5H,6H2,1H3. The third-order valence-electron chi connectivity index (χ3n) is 8.96. The fourth-order valence-electron chi connectivity index (χ4n) is 5.51. The van der Waals surface area contributed by atoms with Crippen molar-refractivity contribution in [2.24, 2.45) is 0 Å². The van der Waals surface area contributed by atoms with Crippen molar-refractivity contribution in [3.63, 3.8) is 0 Å². The van der Waals surface area contributed by atoms with Gasteiger partial charge in [-0.3, -0.25) is 4.90 Å². The molecule has 2 fully saturated rings. The van der Waals surface area contributed by atoms with Crippen LogP contribution >= 0.6 is 47.8 Å². The molecule has 2 aliphatic heterocycles. The van der Waals surface area contributed by atoms with E-state index in [-0.39, 0.29) is 73.8 Å². The molecule has 0 saturated carbocycles. The number of carbonyl (C=O) groups excluding carboxylic acids is 4. The van der Waals surface area contributed by atoms with E-state index >= 15 is 0 Å². The number of rotatable bonds is 7. The summed E-state index contributed by atoms with van der Waals surface area (Å²) in [5.74, 6) is -0.689. The molecule has 0 unspecified atom stereocenters. The van der Waals surface area contributed by atoms with Crippen molar-refractivity contribution in [1.82, 2.24) is 9.80 Å². The third kappa shape index (κ3) is 15.0. The number of nitrogens with one attached hydrogen (secondary N) is 1. The van der Waals surface area contributed by atoms with Crippen LogP contribution in [0.5, 0.6) is 0 Å². The number of hydrogen-bond acceptors (Lipinski definition) is 10. The third-order valence-corrected chi connectivity index (χ3v) is 13.9. The number of amides is 4. The quantitative estimate of drug-likeness (QED) is 0.148. The van der Waals surface area contributed by atoms with Crippen LogP contribution in [0.25, 0.3) is 0 Å². The summed E-state index contributed by atoms with van der Waals surface area (Å²) in [5, 5.41) is 3.54. The van der Waals surface area contributed by atoms with E-state index in [2.05, 4.69) is 57.8 Å². The summed E-state index contributed by atoms with van der Waals surface area (Å²) in [4.78, 5) is 52.4. The van der Waals surface area contributed by atoms with E-state index in [1.54, 1.807) is 58.3 Å². The van der Waals surface area contributed by atoms with Gasteiger partial charge < -0.3 is 24.6 Å². The Balaban J connectivity index is 0.000000217. The van der Waals surface area contributed by atoms with Crippen LogP contribution in [-0.4, -0.2) is 114 Å². The zero-order valence-electron chi connectivity index (χ0n) is 32.2. The van der Waals surface area contributed by atoms with E-state index in [1.807, 2.05) is 48.5 Å². The molecule has 2 aliphatic rings. The average molecular weight is 1040 g/mol. The zero-order valence-corrected chi connectivity index (χ0v) is 38.6. The minimum Gasteiger partial charge on any atom is -0.465 e. The van der Waals surface area contributed by atoms with E-state index in [9.17, 15) is 36.0 Å². The number of sulfone groups is 2. The summed E-state index contributed by atoms with van der Waals surface area (Å²) < 4.78 is 57.0. The molecule has 0 spiro atoms. The second kappa shape index (κ2) is 22.3. The van der Waals surface area contributed by atoms with Gasteiger partial charge in [-0.25, -0.2) is 36.0 Å². The minimum absolute atomic E-state index is 0.0270. The lowest BCUT2D eigenvalue weighted by Crippen LogP contribution is -2.49. The van der Waals surface area contributed by atoms with Crippen LogP contribution in [-0.2, 0) is 41.0 Å². The van der Waals surface area contributed by atoms with E-state index in [4.69, 9.17) is 4.74 Å². The van der Waals surface area contributed by atoms with Gasteiger partial charge >= 0.3 is 24.0 Å². The molecule has 0 aliphatic carbocycles. The van der Waals surface area contributed by atoms with Crippen LogP contribution in [0.4, 0.5) is 21.0 Å². The number of esters is 2. The summed E-state index contributed by atoms with van der Waals surface area (Å²) in [5.41, 5.74) is 4.38. The van der Waals surface area contributed by atoms with Gasteiger partial charge in [-0.1, -0.05) is 72.1 Å². The summed E-state index contributed by atoms with van der Waals surface area (Å²) in [6.07, 6.45) is 0. The molecule has 2 saturated heterocycles. The number of nitrogens with zero attached hydrogens (tertiary/aromatic N) is 3. The molecule has 4 aromatic carbocycles. The number of alkyl halides is 1. The Bertz CT molecular complexity index is 2250. The molecule has 2 heterocycles. The highest BCUT2D eigenvalue weighted by molar-refractivity contribution is 9.10. The molecule has 0 radical (unpaired) electrons. The van der Waals surface area contributed by atoms with Crippen molar-refractivity contribution >= 4 is 103 Å². The largest absolute Gasteiger partial charge is 0.465 e. The summed E-state index contributed by atoms with van der Waals surface area (Å²) in [6, 6.07) is 28.2. The van der Waals surface area contributed by atoms with Crippen molar-refractivity contribution < 1.29 is 45.5 Å². The fraction of sp³-hybridized carbons (Fsp3) is 0.300. The maximum atomic E-state index is 13.2. The lowest BCUT2D eigenvalue weighted by molar-refractivity contribution is 0.0592. The number of hydrogen-bond donors (Lipinski definition) is 1. The van der Waals surface area contributed by atoms with Crippen LogP contribution in [0.15, 0.2) is 106 Å². The smallest absolute Gasteiger partial charge is 0.337 e. The van der Waals surface area contributed by atoms with Crippen LogP contribution in [0.3, 0.4) is 0 Å². The molecule has 4 aromatic rings. The highest BCUT2D eigenvalue weighted by atomic mass is 79.9. The Morgan fingerprint density at radius 3 is 1.44 bits per heavy atom. The van der Waals surface area contributed by atoms with Crippen LogP contribution in [0, 0.1) is 0 Å². The first-order valence-electron chi connectivity index (χ1n) is 18.0. The van der Waals surface area contributed by atoms with Gasteiger partial charge in [0.25, 0.3) is 0 Å². The van der Waals surface area contributed by atoms with Gasteiger partial charge in [0.05, 0.1) is 54.9 Å². The molecule has 0 aromatic heterocycles. The van der Waals surface area contributed by atoms with E-state index in [0.717, 1.165) is 25.4 Å². The van der Waals surface area contributed by atoms with Crippen LogP contribution < -0.4 is 10.2 Å². The molecule has 6 rings (SSSR count). The number of carbonyl (C=O) groups is 4. The number of benzene rings is 4. The molecule has 0 atom stereocenters. The number of halogens is 3. The van der Waals surface area contributed by atoms with E-state index in [1.165, 1.54) is 19.1 Å². The second-order valence-electron chi connectivity index (χ2n) is 13.1. The number of anilines is 2. The first kappa shape index (κ1) is 47.4. The Hall–Kier alpha value is -4.30. The van der Waals surface area contributed by atoms with Crippen molar-refractivity contribution in [2.45, 2.75) is 11.9 Å². The maximum Gasteiger partial charge on any atom is 0.337 e. The van der Waals surface area contributed by atoms with Crippen molar-refractivity contribution in [3.8, 4) is 0 Å². The Kier molecular flexibility index (Phi) is 17.9. The Morgan fingerprint density at radius 2 is 1.02 bits per heavy atom. The number of urea groups is 2. The second-order valence-corrected chi connectivity index (χ2v) is 20.1. The van der Waals surface area contributed by atoms with Gasteiger partial charge in [-0.2, -0.15) is 0 Å². The van der Waals surface area contributed by atoms with Gasteiger partial charge in [0.2, 0.25) is 0 Å². The molecule has 0 bridgehead atoms. The topological polar surface area (TPSA) is 177 Å². The SMILES string of the molecule is COC(=O)c1ccc(CBr)cc1.COC(=O)c1ccc(CN(C(=O)N2CCS(=O)(=O)CC2)c2ccc(Br)cc2)cc1.O=C(Nc1ccc(Br)cc1)N1CCS(=O)(=O)CC1. The Morgan fingerprint density at radius 1 is 0.610 bits per heavy atom.